The molecule has 0 unspecified atom stereocenters. The summed E-state index contributed by atoms with van der Waals surface area (Å²) in [4.78, 5) is 0. The molecule has 1 atom stereocenters. The average molecular weight is 313 g/mol. The summed E-state index contributed by atoms with van der Waals surface area (Å²) in [6, 6.07) is 7.81. The Balaban J connectivity index is 1.91. The van der Waals surface area contributed by atoms with Crippen LogP contribution in [0.5, 0.6) is 0 Å². The number of thioether (sulfide) groups is 1. The minimum absolute atomic E-state index is 0.0624. The number of quaternary nitrogens is 1. The van der Waals surface area contributed by atoms with Crippen LogP contribution in [0, 0.1) is 5.92 Å². The van der Waals surface area contributed by atoms with Gasteiger partial charge in [-0.15, -0.1) is 10.2 Å². The number of hydrogen-bond donors (Lipinski definition) is 1. The third-order valence-electron chi connectivity index (χ3n) is 2.80. The zero-order valence-electron chi connectivity index (χ0n) is 11.7. The summed E-state index contributed by atoms with van der Waals surface area (Å²) in [7, 11) is 0. The first-order chi connectivity index (χ1) is 9.54. The molecule has 0 aliphatic rings. The van der Waals surface area contributed by atoms with E-state index in [-0.39, 0.29) is 6.04 Å². The number of benzene rings is 1. The summed E-state index contributed by atoms with van der Waals surface area (Å²) in [5, 5.41) is 9.46. The molecule has 1 heterocycles. The smallest absolute Gasteiger partial charge is 0.277 e. The predicted molar refractivity (Wildman–Crippen MR) is 80.4 cm³/mol. The van der Waals surface area contributed by atoms with E-state index >= 15 is 0 Å². The van der Waals surface area contributed by atoms with Gasteiger partial charge in [-0.25, -0.2) is 0 Å². The van der Waals surface area contributed by atoms with Gasteiger partial charge in [0.1, 0.15) is 0 Å². The largest absolute Gasteiger partial charge is 0.410 e. The van der Waals surface area contributed by atoms with Crippen molar-refractivity contribution in [3.05, 3.63) is 40.7 Å². The second-order valence-electron chi connectivity index (χ2n) is 5.15. The van der Waals surface area contributed by atoms with E-state index < -0.39 is 0 Å². The lowest BCUT2D eigenvalue weighted by Gasteiger charge is -2.05. The maximum atomic E-state index is 5.85. The van der Waals surface area contributed by atoms with Gasteiger partial charge in [-0.05, 0) is 23.6 Å². The molecule has 108 valence electrons. The van der Waals surface area contributed by atoms with Gasteiger partial charge in [-0.1, -0.05) is 49.3 Å². The van der Waals surface area contributed by atoms with E-state index in [4.69, 9.17) is 16.0 Å². The molecule has 1 aromatic heterocycles. The molecule has 0 spiro atoms. The highest BCUT2D eigenvalue weighted by molar-refractivity contribution is 7.98. The van der Waals surface area contributed by atoms with Gasteiger partial charge in [0.05, 0.1) is 0 Å². The monoisotopic (exact) mass is 312 g/mol. The molecule has 2 aromatic rings. The predicted octanol–water partition coefficient (Wildman–Crippen LogP) is 3.34. The van der Waals surface area contributed by atoms with Gasteiger partial charge in [-0.3, -0.25) is 0 Å². The van der Waals surface area contributed by atoms with Crippen LogP contribution < -0.4 is 5.73 Å². The molecule has 2 rings (SSSR count). The van der Waals surface area contributed by atoms with Crippen LogP contribution in [0.2, 0.25) is 5.02 Å². The Morgan fingerprint density at radius 3 is 2.60 bits per heavy atom. The van der Waals surface area contributed by atoms with Gasteiger partial charge in [0.25, 0.3) is 11.1 Å². The standard InChI is InChI=1S/C14H18ClN3OS/c1-9(2)7-12(16)13-17-18-14(19-13)20-8-10-3-5-11(15)6-4-10/h3-6,9,12H,7-8,16H2,1-2H3/p+1/t12-/m0/s1. The molecule has 0 saturated heterocycles. The van der Waals surface area contributed by atoms with Crippen LogP contribution in [-0.2, 0) is 5.75 Å². The molecule has 6 heteroatoms. The fourth-order valence-corrected chi connectivity index (χ4v) is 2.69. The van der Waals surface area contributed by atoms with Crippen molar-refractivity contribution >= 4 is 23.4 Å². The average Bonchev–Trinajstić information content (AvgIpc) is 2.86. The van der Waals surface area contributed by atoms with Gasteiger partial charge in [0, 0.05) is 17.2 Å². The first kappa shape index (κ1) is 15.4. The Morgan fingerprint density at radius 2 is 1.95 bits per heavy atom. The number of nitrogens with zero attached hydrogens (tertiary/aromatic N) is 2. The van der Waals surface area contributed by atoms with Crippen LogP contribution in [0.25, 0.3) is 0 Å². The lowest BCUT2D eigenvalue weighted by atomic mass is 10.1. The van der Waals surface area contributed by atoms with Crippen LogP contribution in [0.4, 0.5) is 0 Å². The van der Waals surface area contributed by atoms with Crippen molar-refractivity contribution < 1.29 is 10.2 Å². The molecule has 0 radical (unpaired) electrons. The van der Waals surface area contributed by atoms with E-state index in [1.807, 2.05) is 24.3 Å². The van der Waals surface area contributed by atoms with E-state index in [9.17, 15) is 0 Å². The molecular weight excluding hydrogens is 294 g/mol. The summed E-state index contributed by atoms with van der Waals surface area (Å²) in [6.07, 6.45) is 0.948. The molecule has 4 nitrogen and oxygen atoms in total. The van der Waals surface area contributed by atoms with E-state index in [0.29, 0.717) is 17.0 Å². The Hall–Kier alpha value is -1.04. The molecule has 0 aliphatic carbocycles. The molecule has 0 fully saturated rings. The van der Waals surface area contributed by atoms with Gasteiger partial charge < -0.3 is 10.2 Å². The third-order valence-corrected chi connectivity index (χ3v) is 3.94. The lowest BCUT2D eigenvalue weighted by molar-refractivity contribution is -0.435. The molecule has 3 N–H and O–H groups in total. The topological polar surface area (TPSA) is 66.6 Å². The summed E-state index contributed by atoms with van der Waals surface area (Å²) >= 11 is 7.38. The van der Waals surface area contributed by atoms with Crippen LogP contribution in [-0.4, -0.2) is 10.2 Å². The number of rotatable bonds is 6. The van der Waals surface area contributed by atoms with Gasteiger partial charge in [-0.2, -0.15) is 0 Å². The molecule has 20 heavy (non-hydrogen) atoms. The third kappa shape index (κ3) is 4.51. The fraction of sp³-hybridized carbons (Fsp3) is 0.429. The minimum Gasteiger partial charge on any atom is -0.410 e. The van der Waals surface area contributed by atoms with Crippen molar-refractivity contribution in [2.45, 2.75) is 37.3 Å². The van der Waals surface area contributed by atoms with Crippen LogP contribution in [0.15, 0.2) is 33.9 Å². The summed E-state index contributed by atoms with van der Waals surface area (Å²) in [5.74, 6) is 1.97. The zero-order valence-corrected chi connectivity index (χ0v) is 13.2. The molecule has 0 bridgehead atoms. The van der Waals surface area contributed by atoms with Gasteiger partial charge in [0.2, 0.25) is 0 Å². The first-order valence-corrected chi connectivity index (χ1v) is 7.94. The number of halogens is 1. The van der Waals surface area contributed by atoms with Crippen molar-refractivity contribution in [3.63, 3.8) is 0 Å². The molecule has 0 saturated carbocycles. The fourth-order valence-electron chi connectivity index (χ4n) is 1.84. The second-order valence-corrected chi connectivity index (χ2v) is 6.51. The van der Waals surface area contributed by atoms with Crippen molar-refractivity contribution in [1.82, 2.24) is 10.2 Å². The van der Waals surface area contributed by atoms with Gasteiger partial charge >= 0.3 is 0 Å². The minimum atomic E-state index is 0.0624. The molecule has 1 aromatic carbocycles. The van der Waals surface area contributed by atoms with Crippen molar-refractivity contribution in [1.29, 1.82) is 0 Å². The summed E-state index contributed by atoms with van der Waals surface area (Å²) in [5.41, 5.74) is 5.24. The van der Waals surface area contributed by atoms with Gasteiger partial charge in [0.15, 0.2) is 6.04 Å². The van der Waals surface area contributed by atoms with E-state index in [0.717, 1.165) is 17.2 Å². The maximum absolute atomic E-state index is 5.85. The Labute approximate surface area is 128 Å². The Kier molecular flexibility index (Phi) is 5.46. The molecule has 0 amide bonds. The van der Waals surface area contributed by atoms with E-state index in [1.54, 1.807) is 0 Å². The van der Waals surface area contributed by atoms with Crippen LogP contribution in [0.1, 0.15) is 37.8 Å². The zero-order chi connectivity index (χ0) is 14.5. The molecule has 0 aliphatic heterocycles. The maximum Gasteiger partial charge on any atom is 0.277 e. The SMILES string of the molecule is CC(C)C[C@H]([NH3+])c1nnc(SCc2ccc(Cl)cc2)o1. The number of aromatic nitrogens is 2. The van der Waals surface area contributed by atoms with Crippen molar-refractivity contribution in [2.75, 3.05) is 0 Å². The summed E-state index contributed by atoms with van der Waals surface area (Å²) in [6.45, 7) is 4.31. The molecular formula is C14H19ClN3OS+. The number of hydrogen-bond acceptors (Lipinski definition) is 4. The van der Waals surface area contributed by atoms with E-state index in [1.165, 1.54) is 17.3 Å². The van der Waals surface area contributed by atoms with Crippen LogP contribution in [0.3, 0.4) is 0 Å². The lowest BCUT2D eigenvalue weighted by Crippen LogP contribution is -2.54. The normalized spacial score (nSPS) is 12.8. The second kappa shape index (κ2) is 7.11. The quantitative estimate of drug-likeness (QED) is 0.831. The highest BCUT2D eigenvalue weighted by atomic mass is 35.5. The van der Waals surface area contributed by atoms with Crippen molar-refractivity contribution in [2.24, 2.45) is 5.92 Å². The van der Waals surface area contributed by atoms with Crippen molar-refractivity contribution in [3.8, 4) is 0 Å². The first-order valence-electron chi connectivity index (χ1n) is 6.58. The van der Waals surface area contributed by atoms with Crippen LogP contribution >= 0.6 is 23.4 Å². The Morgan fingerprint density at radius 1 is 1.25 bits per heavy atom. The Bertz CT molecular complexity index is 542. The highest BCUT2D eigenvalue weighted by Gasteiger charge is 2.19. The van der Waals surface area contributed by atoms with E-state index in [2.05, 4.69) is 29.8 Å². The summed E-state index contributed by atoms with van der Waals surface area (Å²) < 4.78 is 5.64. The highest BCUT2D eigenvalue weighted by Crippen LogP contribution is 2.24.